The number of hydrogen-bond donors (Lipinski definition) is 4. The molecule has 112 valence electrons. The van der Waals surface area contributed by atoms with Crippen LogP contribution in [0, 0.1) is 0 Å². The Kier molecular flexibility index (Phi) is 5.17. The van der Waals surface area contributed by atoms with Crippen molar-refractivity contribution in [2.45, 2.75) is 4.90 Å². The molecule has 0 spiro atoms. The first kappa shape index (κ1) is 16.1. The number of urea groups is 1. The lowest BCUT2D eigenvalue weighted by molar-refractivity contribution is 0.249. The zero-order valence-electron chi connectivity index (χ0n) is 11.4. The Morgan fingerprint density at radius 1 is 1.30 bits per heavy atom. The van der Waals surface area contributed by atoms with Crippen molar-refractivity contribution in [3.05, 3.63) is 18.2 Å². The topological polar surface area (TPSA) is 131 Å². The van der Waals surface area contributed by atoms with Gasteiger partial charge in [-0.15, -0.1) is 0 Å². The second-order valence-electron chi connectivity index (χ2n) is 4.25. The summed E-state index contributed by atoms with van der Waals surface area (Å²) in [5.74, 6) is 0. The SMILES string of the molecule is CN(C)S(=O)(=O)c1ccc(N)c(NCCNC(N)=O)c1. The van der Waals surface area contributed by atoms with Crippen molar-refractivity contribution in [1.29, 1.82) is 0 Å². The molecule has 0 radical (unpaired) electrons. The Bertz CT molecular complexity index is 586. The van der Waals surface area contributed by atoms with Crippen LogP contribution in [0.3, 0.4) is 0 Å². The molecule has 0 unspecified atom stereocenters. The monoisotopic (exact) mass is 301 g/mol. The van der Waals surface area contributed by atoms with E-state index in [-0.39, 0.29) is 4.90 Å². The molecule has 1 rings (SSSR count). The molecule has 0 heterocycles. The number of carbonyl (C=O) groups is 1. The van der Waals surface area contributed by atoms with Gasteiger partial charge < -0.3 is 22.1 Å². The third-order valence-electron chi connectivity index (χ3n) is 2.54. The van der Waals surface area contributed by atoms with Crippen LogP contribution in [0.1, 0.15) is 0 Å². The van der Waals surface area contributed by atoms with Crippen LogP contribution < -0.4 is 22.1 Å². The molecule has 1 aromatic carbocycles. The number of amides is 2. The predicted molar refractivity (Wildman–Crippen MR) is 77.8 cm³/mol. The summed E-state index contributed by atoms with van der Waals surface area (Å²) >= 11 is 0. The second-order valence-corrected chi connectivity index (χ2v) is 6.41. The van der Waals surface area contributed by atoms with Crippen LogP contribution in [0.5, 0.6) is 0 Å². The van der Waals surface area contributed by atoms with E-state index in [2.05, 4.69) is 10.6 Å². The molecule has 9 heteroatoms. The highest BCUT2D eigenvalue weighted by Gasteiger charge is 2.18. The molecule has 0 aliphatic carbocycles. The molecule has 20 heavy (non-hydrogen) atoms. The van der Waals surface area contributed by atoms with E-state index in [4.69, 9.17) is 11.5 Å². The number of carbonyl (C=O) groups excluding carboxylic acids is 1. The van der Waals surface area contributed by atoms with E-state index in [0.717, 1.165) is 4.31 Å². The van der Waals surface area contributed by atoms with Gasteiger partial charge in [0.05, 0.1) is 16.3 Å². The fourth-order valence-corrected chi connectivity index (χ4v) is 2.37. The average Bonchev–Trinajstić information content (AvgIpc) is 2.35. The first-order chi connectivity index (χ1) is 9.25. The lowest BCUT2D eigenvalue weighted by Crippen LogP contribution is -2.33. The zero-order valence-corrected chi connectivity index (χ0v) is 12.2. The van der Waals surface area contributed by atoms with Crippen LogP contribution in [-0.4, -0.2) is 45.9 Å². The molecule has 8 nitrogen and oxygen atoms in total. The van der Waals surface area contributed by atoms with Gasteiger partial charge in [0.2, 0.25) is 10.0 Å². The molecule has 0 aliphatic heterocycles. The van der Waals surface area contributed by atoms with E-state index in [9.17, 15) is 13.2 Å². The van der Waals surface area contributed by atoms with Crippen molar-refractivity contribution in [2.75, 3.05) is 38.2 Å². The molecule has 0 fully saturated rings. The maximum Gasteiger partial charge on any atom is 0.312 e. The fourth-order valence-electron chi connectivity index (χ4n) is 1.44. The van der Waals surface area contributed by atoms with Gasteiger partial charge in [-0.1, -0.05) is 0 Å². The first-order valence-corrected chi connectivity index (χ1v) is 7.28. The highest BCUT2D eigenvalue weighted by Crippen LogP contribution is 2.23. The van der Waals surface area contributed by atoms with Gasteiger partial charge in [-0.3, -0.25) is 0 Å². The number of nitrogens with zero attached hydrogens (tertiary/aromatic N) is 1. The van der Waals surface area contributed by atoms with Crippen LogP contribution in [0.4, 0.5) is 16.2 Å². The molecular weight excluding hydrogens is 282 g/mol. The first-order valence-electron chi connectivity index (χ1n) is 5.84. The summed E-state index contributed by atoms with van der Waals surface area (Å²) in [7, 11) is -0.604. The molecule has 0 saturated carbocycles. The average molecular weight is 301 g/mol. The minimum Gasteiger partial charge on any atom is -0.397 e. The van der Waals surface area contributed by atoms with Gasteiger partial charge in [-0.25, -0.2) is 17.5 Å². The van der Waals surface area contributed by atoms with E-state index < -0.39 is 16.1 Å². The molecule has 2 amide bonds. The number of primary amides is 1. The third kappa shape index (κ3) is 4.00. The summed E-state index contributed by atoms with van der Waals surface area (Å²) < 4.78 is 25.1. The van der Waals surface area contributed by atoms with Gasteiger partial charge in [0.25, 0.3) is 0 Å². The van der Waals surface area contributed by atoms with Gasteiger partial charge in [-0.2, -0.15) is 0 Å². The van der Waals surface area contributed by atoms with Gasteiger partial charge in [0, 0.05) is 27.2 Å². The number of hydrogen-bond acceptors (Lipinski definition) is 5. The minimum atomic E-state index is -3.51. The third-order valence-corrected chi connectivity index (χ3v) is 4.35. The van der Waals surface area contributed by atoms with Crippen molar-refractivity contribution in [1.82, 2.24) is 9.62 Å². The molecule has 0 saturated heterocycles. The number of nitrogens with one attached hydrogen (secondary N) is 2. The second kappa shape index (κ2) is 6.44. The number of anilines is 2. The molecule has 1 aromatic rings. The predicted octanol–water partition coefficient (Wildman–Crippen LogP) is -0.401. The van der Waals surface area contributed by atoms with Crippen LogP contribution in [-0.2, 0) is 10.0 Å². The number of benzene rings is 1. The van der Waals surface area contributed by atoms with Crippen LogP contribution in [0.25, 0.3) is 0 Å². The Labute approximate surface area is 118 Å². The number of rotatable bonds is 6. The van der Waals surface area contributed by atoms with Gasteiger partial charge in [0.15, 0.2) is 0 Å². The maximum atomic E-state index is 12.0. The lowest BCUT2D eigenvalue weighted by Gasteiger charge is -2.14. The number of nitrogen functional groups attached to an aromatic ring is 1. The standard InChI is InChI=1S/C11H19N5O3S/c1-16(2)20(18,19)8-3-4-9(12)10(7-8)14-5-6-15-11(13)17/h3-4,7,14H,5-6,12H2,1-2H3,(H3,13,15,17). The van der Waals surface area contributed by atoms with Crippen molar-refractivity contribution in [2.24, 2.45) is 5.73 Å². The Hall–Kier alpha value is -2.00. The van der Waals surface area contributed by atoms with Crippen LogP contribution >= 0.6 is 0 Å². The summed E-state index contributed by atoms with van der Waals surface area (Å²) in [5, 5.41) is 5.35. The molecule has 0 aromatic heterocycles. The highest BCUT2D eigenvalue weighted by molar-refractivity contribution is 7.89. The quantitative estimate of drug-likeness (QED) is 0.419. The minimum absolute atomic E-state index is 0.141. The largest absolute Gasteiger partial charge is 0.397 e. The Morgan fingerprint density at radius 3 is 2.50 bits per heavy atom. The molecule has 0 atom stereocenters. The van der Waals surface area contributed by atoms with E-state index in [1.54, 1.807) is 0 Å². The summed E-state index contributed by atoms with van der Waals surface area (Å²) in [4.78, 5) is 10.7. The summed E-state index contributed by atoms with van der Waals surface area (Å²) in [6, 6.07) is 3.79. The molecule has 0 aliphatic rings. The van der Waals surface area contributed by atoms with Crippen molar-refractivity contribution >= 4 is 27.4 Å². The van der Waals surface area contributed by atoms with E-state index >= 15 is 0 Å². The molecular formula is C11H19N5O3S. The van der Waals surface area contributed by atoms with E-state index in [1.165, 1.54) is 32.3 Å². The number of nitrogens with two attached hydrogens (primary N) is 2. The fraction of sp³-hybridized carbons (Fsp3) is 0.364. The summed E-state index contributed by atoms with van der Waals surface area (Å²) in [6.45, 7) is 0.679. The van der Waals surface area contributed by atoms with Crippen LogP contribution in [0.2, 0.25) is 0 Å². The van der Waals surface area contributed by atoms with Gasteiger partial charge >= 0.3 is 6.03 Å². The summed E-state index contributed by atoms with van der Waals surface area (Å²) in [5.41, 5.74) is 11.6. The van der Waals surface area contributed by atoms with Crippen molar-refractivity contribution < 1.29 is 13.2 Å². The lowest BCUT2D eigenvalue weighted by atomic mass is 10.2. The van der Waals surface area contributed by atoms with Crippen LogP contribution in [0.15, 0.2) is 23.1 Å². The van der Waals surface area contributed by atoms with Gasteiger partial charge in [0.1, 0.15) is 0 Å². The normalized spacial score (nSPS) is 11.3. The van der Waals surface area contributed by atoms with E-state index in [0.29, 0.717) is 24.5 Å². The Balaban J connectivity index is 2.85. The maximum absolute atomic E-state index is 12.0. The van der Waals surface area contributed by atoms with Crippen molar-refractivity contribution in [3.8, 4) is 0 Å². The molecule has 6 N–H and O–H groups in total. The molecule has 0 bridgehead atoms. The zero-order chi connectivity index (χ0) is 15.3. The van der Waals surface area contributed by atoms with Gasteiger partial charge in [-0.05, 0) is 18.2 Å². The smallest absolute Gasteiger partial charge is 0.312 e. The highest BCUT2D eigenvalue weighted by atomic mass is 32.2. The van der Waals surface area contributed by atoms with Crippen molar-refractivity contribution in [3.63, 3.8) is 0 Å². The Morgan fingerprint density at radius 2 is 1.95 bits per heavy atom. The number of sulfonamides is 1. The summed E-state index contributed by atoms with van der Waals surface area (Å²) in [6.07, 6.45) is 0. The van der Waals surface area contributed by atoms with E-state index in [1.807, 2.05) is 0 Å².